The second-order valence-electron chi connectivity index (χ2n) is 4.29. The maximum Gasteiger partial charge on any atom is 0.303 e. The lowest BCUT2D eigenvalue weighted by atomic mass is 10.1. The topological polar surface area (TPSA) is 37.3 Å². The van der Waals surface area contributed by atoms with E-state index in [0.717, 1.165) is 18.6 Å². The van der Waals surface area contributed by atoms with Crippen LogP contribution in [0.4, 0.5) is 4.39 Å². The molecule has 0 bridgehead atoms. The molecule has 0 aromatic rings. The summed E-state index contributed by atoms with van der Waals surface area (Å²) in [7, 11) is 0. The van der Waals surface area contributed by atoms with E-state index in [-0.39, 0.29) is 18.2 Å². The van der Waals surface area contributed by atoms with Crippen molar-refractivity contribution < 1.29 is 14.3 Å². The number of rotatable bonds is 9. The molecule has 1 atom stereocenters. The summed E-state index contributed by atoms with van der Waals surface area (Å²) in [6.07, 6.45) is 8.19. The fraction of sp³-hybridized carbons (Fsp3) is 0.643. The molecule has 4 heteroatoms. The molecule has 0 aliphatic carbocycles. The molecule has 0 aromatic heterocycles. The van der Waals surface area contributed by atoms with E-state index < -0.39 is 5.97 Å². The number of thioether (sulfide) groups is 1. The van der Waals surface area contributed by atoms with Gasteiger partial charge in [-0.25, -0.2) is 4.39 Å². The van der Waals surface area contributed by atoms with Crippen LogP contribution in [-0.4, -0.2) is 16.8 Å². The Morgan fingerprint density at radius 2 is 2.11 bits per heavy atom. The molecule has 0 saturated heterocycles. The summed E-state index contributed by atoms with van der Waals surface area (Å²) >= 11 is 1.48. The highest BCUT2D eigenvalue weighted by atomic mass is 32.2. The normalized spacial score (nSPS) is 13.7. The number of carboxylic acids is 1. The third kappa shape index (κ3) is 9.12. The van der Waals surface area contributed by atoms with E-state index in [4.69, 9.17) is 11.5 Å². The Morgan fingerprint density at radius 3 is 2.67 bits per heavy atom. The van der Waals surface area contributed by atoms with Crippen molar-refractivity contribution in [1.82, 2.24) is 0 Å². The minimum atomic E-state index is -0.756. The number of hydrogen-bond donors (Lipinski definition) is 1. The number of halogens is 1. The molecule has 1 N–H and O–H groups in total. The molecule has 0 aliphatic rings. The molecule has 0 radical (unpaired) electrons. The van der Waals surface area contributed by atoms with Gasteiger partial charge in [-0.2, -0.15) is 0 Å². The van der Waals surface area contributed by atoms with Crippen molar-refractivity contribution in [2.75, 3.05) is 5.75 Å². The highest BCUT2D eigenvalue weighted by Crippen LogP contribution is 2.25. The number of terminal acetylenes is 1. The summed E-state index contributed by atoms with van der Waals surface area (Å²) in [5.74, 6) is 2.37. The standard InChI is InChI=1S/C14H21FO2S/c1-4-11(2)10-13(15)12(3)18-9-7-5-6-8-14(16)17/h1,11H,5-10H2,2-3H3,(H,16,17)/b13-12-. The number of carboxylic acid groups (broad SMARTS) is 1. The predicted octanol–water partition coefficient (Wildman–Crippen LogP) is 4.23. The SMILES string of the molecule is C#CC(C)C/C(F)=C(\C)SCCCCCC(=O)O. The van der Waals surface area contributed by atoms with Gasteiger partial charge in [0.05, 0.1) is 0 Å². The van der Waals surface area contributed by atoms with Crippen molar-refractivity contribution in [1.29, 1.82) is 0 Å². The van der Waals surface area contributed by atoms with Crippen LogP contribution in [0.1, 0.15) is 46.0 Å². The summed E-state index contributed by atoms with van der Waals surface area (Å²) in [6.45, 7) is 3.59. The van der Waals surface area contributed by atoms with E-state index in [1.54, 1.807) is 6.92 Å². The molecular formula is C14H21FO2S. The maximum absolute atomic E-state index is 13.6. The van der Waals surface area contributed by atoms with Gasteiger partial charge in [0, 0.05) is 23.7 Å². The van der Waals surface area contributed by atoms with Crippen LogP contribution in [-0.2, 0) is 4.79 Å². The molecular weight excluding hydrogens is 251 g/mol. The smallest absolute Gasteiger partial charge is 0.303 e. The number of unbranched alkanes of at least 4 members (excludes halogenated alkanes) is 2. The summed E-state index contributed by atoms with van der Waals surface area (Å²) in [5.41, 5.74) is 0. The molecule has 0 spiro atoms. The van der Waals surface area contributed by atoms with Crippen LogP contribution in [0.3, 0.4) is 0 Å². The van der Waals surface area contributed by atoms with Gasteiger partial charge in [-0.3, -0.25) is 4.79 Å². The quantitative estimate of drug-likeness (QED) is 0.504. The molecule has 0 saturated carbocycles. The van der Waals surface area contributed by atoms with Crippen LogP contribution >= 0.6 is 11.8 Å². The van der Waals surface area contributed by atoms with E-state index in [9.17, 15) is 9.18 Å². The van der Waals surface area contributed by atoms with E-state index >= 15 is 0 Å². The Balaban J connectivity index is 3.75. The van der Waals surface area contributed by atoms with E-state index in [0.29, 0.717) is 17.7 Å². The predicted molar refractivity (Wildman–Crippen MR) is 75.0 cm³/mol. The highest BCUT2D eigenvalue weighted by molar-refractivity contribution is 8.03. The largest absolute Gasteiger partial charge is 0.481 e. The van der Waals surface area contributed by atoms with Crippen LogP contribution < -0.4 is 0 Å². The Labute approximate surface area is 113 Å². The fourth-order valence-electron chi connectivity index (χ4n) is 1.33. The van der Waals surface area contributed by atoms with Gasteiger partial charge in [0.2, 0.25) is 0 Å². The monoisotopic (exact) mass is 272 g/mol. The summed E-state index contributed by atoms with van der Waals surface area (Å²) in [4.78, 5) is 11.0. The second kappa shape index (κ2) is 10.0. The zero-order valence-corrected chi connectivity index (χ0v) is 11.9. The Bertz CT molecular complexity index is 331. The Kier molecular flexibility index (Phi) is 9.49. The number of carbonyl (C=O) groups is 1. The van der Waals surface area contributed by atoms with Crippen molar-refractivity contribution in [3.8, 4) is 12.3 Å². The van der Waals surface area contributed by atoms with Crippen LogP contribution in [0.2, 0.25) is 0 Å². The second-order valence-corrected chi connectivity index (χ2v) is 5.60. The first-order valence-electron chi connectivity index (χ1n) is 6.13. The molecule has 0 fully saturated rings. The summed E-state index contributed by atoms with van der Waals surface area (Å²) < 4.78 is 13.6. The van der Waals surface area contributed by atoms with Crippen molar-refractivity contribution in [3.05, 3.63) is 10.7 Å². The Morgan fingerprint density at radius 1 is 1.44 bits per heavy atom. The maximum atomic E-state index is 13.6. The lowest BCUT2D eigenvalue weighted by Gasteiger charge is -2.06. The van der Waals surface area contributed by atoms with Crippen molar-refractivity contribution >= 4 is 17.7 Å². The molecule has 0 heterocycles. The lowest BCUT2D eigenvalue weighted by Crippen LogP contribution is -1.94. The first kappa shape index (κ1) is 17.1. The molecule has 0 rings (SSSR count). The van der Waals surface area contributed by atoms with Gasteiger partial charge >= 0.3 is 5.97 Å². The van der Waals surface area contributed by atoms with E-state index in [1.807, 2.05) is 6.92 Å². The van der Waals surface area contributed by atoms with Crippen LogP contribution in [0.5, 0.6) is 0 Å². The summed E-state index contributed by atoms with van der Waals surface area (Å²) in [6, 6.07) is 0. The fourth-order valence-corrected chi connectivity index (χ4v) is 2.22. The first-order valence-corrected chi connectivity index (χ1v) is 7.12. The van der Waals surface area contributed by atoms with Gasteiger partial charge in [-0.15, -0.1) is 24.1 Å². The van der Waals surface area contributed by atoms with Gasteiger partial charge in [0.25, 0.3) is 0 Å². The van der Waals surface area contributed by atoms with Crippen molar-refractivity contribution in [3.63, 3.8) is 0 Å². The molecule has 18 heavy (non-hydrogen) atoms. The van der Waals surface area contributed by atoms with Gasteiger partial charge < -0.3 is 5.11 Å². The van der Waals surface area contributed by atoms with Crippen molar-refractivity contribution in [2.45, 2.75) is 46.0 Å². The Hall–Kier alpha value is -0.950. The molecule has 102 valence electrons. The average Bonchev–Trinajstić information content (AvgIpc) is 2.32. The molecule has 2 nitrogen and oxygen atoms in total. The summed E-state index contributed by atoms with van der Waals surface area (Å²) in [5, 5.41) is 8.46. The minimum Gasteiger partial charge on any atom is -0.481 e. The zero-order valence-electron chi connectivity index (χ0n) is 11.0. The highest BCUT2D eigenvalue weighted by Gasteiger charge is 2.06. The van der Waals surface area contributed by atoms with Gasteiger partial charge in [-0.1, -0.05) is 13.3 Å². The van der Waals surface area contributed by atoms with Gasteiger partial charge in [0.1, 0.15) is 5.83 Å². The van der Waals surface area contributed by atoms with Crippen molar-refractivity contribution in [2.24, 2.45) is 5.92 Å². The molecule has 0 aliphatic heterocycles. The number of aliphatic carboxylic acids is 1. The van der Waals surface area contributed by atoms with Crippen LogP contribution in [0.25, 0.3) is 0 Å². The molecule has 0 aromatic carbocycles. The van der Waals surface area contributed by atoms with Gasteiger partial charge in [0.15, 0.2) is 0 Å². The van der Waals surface area contributed by atoms with Crippen LogP contribution in [0, 0.1) is 18.3 Å². The lowest BCUT2D eigenvalue weighted by molar-refractivity contribution is -0.137. The minimum absolute atomic E-state index is 0.0730. The average molecular weight is 272 g/mol. The van der Waals surface area contributed by atoms with E-state index in [1.165, 1.54) is 11.8 Å². The van der Waals surface area contributed by atoms with Crippen LogP contribution in [0.15, 0.2) is 10.7 Å². The first-order chi connectivity index (χ1) is 8.47. The zero-order chi connectivity index (χ0) is 14.0. The molecule has 0 amide bonds. The third-order valence-corrected chi connectivity index (χ3v) is 3.65. The number of hydrogen-bond acceptors (Lipinski definition) is 2. The molecule has 1 unspecified atom stereocenters. The number of allylic oxidation sites excluding steroid dienone is 2. The van der Waals surface area contributed by atoms with Gasteiger partial charge in [-0.05, 0) is 25.5 Å². The van der Waals surface area contributed by atoms with E-state index in [2.05, 4.69) is 5.92 Å². The third-order valence-electron chi connectivity index (χ3n) is 2.51.